The number of aromatic nitrogens is 2. The number of imidazole rings is 1. The van der Waals surface area contributed by atoms with Crippen LogP contribution in [0.2, 0.25) is 0 Å². The smallest absolute Gasteiger partial charge is 0.226 e. The van der Waals surface area contributed by atoms with E-state index in [2.05, 4.69) is 52.9 Å². The van der Waals surface area contributed by atoms with Crippen LogP contribution in [-0.2, 0) is 24.3 Å². The summed E-state index contributed by atoms with van der Waals surface area (Å²) in [7, 11) is 0. The Bertz CT molecular complexity index is 1100. The summed E-state index contributed by atoms with van der Waals surface area (Å²) in [6.45, 7) is 4.90. The zero-order valence-electron chi connectivity index (χ0n) is 18.5. The van der Waals surface area contributed by atoms with Crippen molar-refractivity contribution in [1.82, 2.24) is 20.2 Å². The van der Waals surface area contributed by atoms with Crippen LogP contribution in [0.5, 0.6) is 0 Å². The molecule has 0 spiro atoms. The van der Waals surface area contributed by atoms with E-state index in [4.69, 9.17) is 5.26 Å². The van der Waals surface area contributed by atoms with Crippen molar-refractivity contribution in [3.05, 3.63) is 89.0 Å². The Morgan fingerprint density at radius 1 is 1.19 bits per heavy atom. The number of nitrogens with zero attached hydrogens (tertiary/aromatic N) is 3. The number of nitriles is 1. The van der Waals surface area contributed by atoms with Crippen LogP contribution < -0.4 is 10.6 Å². The topological polar surface area (TPSA) is 82.7 Å². The van der Waals surface area contributed by atoms with Crippen molar-refractivity contribution in [2.75, 3.05) is 13.1 Å². The van der Waals surface area contributed by atoms with Crippen LogP contribution in [0.25, 0.3) is 0 Å². The number of amides is 1. The minimum absolute atomic E-state index is 0.117. The quantitative estimate of drug-likeness (QED) is 0.606. The number of hydrogen-bond acceptors (Lipinski definition) is 4. The monoisotopic (exact) mass is 427 g/mol. The van der Waals surface area contributed by atoms with E-state index < -0.39 is 5.41 Å². The van der Waals surface area contributed by atoms with Gasteiger partial charge in [-0.2, -0.15) is 5.26 Å². The third-order valence-corrected chi connectivity index (χ3v) is 6.33. The highest BCUT2D eigenvalue weighted by Gasteiger charge is 2.39. The third-order valence-electron chi connectivity index (χ3n) is 6.33. The molecule has 164 valence electrons. The first-order valence-corrected chi connectivity index (χ1v) is 11.1. The number of benzene rings is 2. The van der Waals surface area contributed by atoms with Gasteiger partial charge in [0.2, 0.25) is 5.91 Å². The van der Waals surface area contributed by atoms with E-state index in [1.165, 1.54) is 11.1 Å². The number of piperidine rings is 1. The summed E-state index contributed by atoms with van der Waals surface area (Å²) in [4.78, 5) is 17.7. The Labute approximate surface area is 189 Å². The number of aryl methyl sites for hydroxylation is 1. The van der Waals surface area contributed by atoms with Gasteiger partial charge in [0.25, 0.3) is 0 Å². The van der Waals surface area contributed by atoms with E-state index >= 15 is 0 Å². The second-order valence-electron chi connectivity index (χ2n) is 8.70. The van der Waals surface area contributed by atoms with E-state index in [9.17, 15) is 4.79 Å². The van der Waals surface area contributed by atoms with Gasteiger partial charge in [-0.3, -0.25) is 4.79 Å². The fourth-order valence-corrected chi connectivity index (χ4v) is 4.48. The SMILES string of the molecule is Cc1cccc(CC2(C(=O)NCc3cncn3Cc3ccc(C#N)cc3)CCNCC2)c1. The normalized spacial score (nSPS) is 15.1. The van der Waals surface area contributed by atoms with Crippen LogP contribution in [0.1, 0.15) is 40.8 Å². The van der Waals surface area contributed by atoms with Gasteiger partial charge >= 0.3 is 0 Å². The Kier molecular flexibility index (Phi) is 6.67. The van der Waals surface area contributed by atoms with E-state index in [0.29, 0.717) is 18.7 Å². The lowest BCUT2D eigenvalue weighted by molar-refractivity contribution is -0.132. The Morgan fingerprint density at radius 3 is 2.69 bits per heavy atom. The van der Waals surface area contributed by atoms with Crippen molar-refractivity contribution in [3.8, 4) is 6.07 Å². The average Bonchev–Trinajstić information content (AvgIpc) is 3.25. The van der Waals surface area contributed by atoms with Gasteiger partial charge in [0.1, 0.15) is 0 Å². The first-order valence-electron chi connectivity index (χ1n) is 11.1. The van der Waals surface area contributed by atoms with Crippen molar-refractivity contribution >= 4 is 5.91 Å². The molecule has 0 atom stereocenters. The fraction of sp³-hybridized carbons (Fsp3) is 0.346. The largest absolute Gasteiger partial charge is 0.350 e. The summed E-state index contributed by atoms with van der Waals surface area (Å²) in [5.41, 5.74) is 4.74. The Morgan fingerprint density at radius 2 is 1.97 bits per heavy atom. The van der Waals surface area contributed by atoms with Crippen molar-refractivity contribution < 1.29 is 4.79 Å². The van der Waals surface area contributed by atoms with Crippen LogP contribution in [0.15, 0.2) is 61.1 Å². The molecule has 0 bridgehead atoms. The molecule has 6 nitrogen and oxygen atoms in total. The van der Waals surface area contributed by atoms with Gasteiger partial charge in [-0.1, -0.05) is 42.0 Å². The predicted octanol–water partition coefficient (Wildman–Crippen LogP) is 3.34. The molecule has 0 unspecified atom stereocenters. The minimum atomic E-state index is -0.392. The highest BCUT2D eigenvalue weighted by molar-refractivity contribution is 5.83. The maximum atomic E-state index is 13.4. The molecule has 0 aliphatic carbocycles. The summed E-state index contributed by atoms with van der Waals surface area (Å²) in [5.74, 6) is 0.117. The highest BCUT2D eigenvalue weighted by atomic mass is 16.2. The molecule has 6 heteroatoms. The zero-order chi connectivity index (χ0) is 22.4. The summed E-state index contributed by atoms with van der Waals surface area (Å²) >= 11 is 0. The highest BCUT2D eigenvalue weighted by Crippen LogP contribution is 2.33. The van der Waals surface area contributed by atoms with Crippen molar-refractivity contribution in [1.29, 1.82) is 5.26 Å². The van der Waals surface area contributed by atoms with E-state index in [1.54, 1.807) is 12.5 Å². The number of nitrogens with one attached hydrogen (secondary N) is 2. The van der Waals surface area contributed by atoms with Crippen LogP contribution in [0, 0.1) is 23.7 Å². The second-order valence-corrected chi connectivity index (χ2v) is 8.70. The number of hydrogen-bond donors (Lipinski definition) is 2. The minimum Gasteiger partial charge on any atom is -0.350 e. The van der Waals surface area contributed by atoms with Gasteiger partial charge in [-0.15, -0.1) is 0 Å². The summed E-state index contributed by atoms with van der Waals surface area (Å²) in [5, 5.41) is 15.6. The summed E-state index contributed by atoms with van der Waals surface area (Å²) < 4.78 is 2.04. The Hall–Kier alpha value is -3.43. The van der Waals surface area contributed by atoms with Gasteiger partial charge in [0.15, 0.2) is 0 Å². The number of carbonyl (C=O) groups is 1. The van der Waals surface area contributed by atoms with E-state index in [1.807, 2.05) is 28.8 Å². The standard InChI is InChI=1S/C26H29N5O/c1-20-3-2-4-23(13-20)14-26(9-11-28-12-10-26)25(32)30-17-24-16-29-19-31(24)18-22-7-5-21(15-27)6-8-22/h2-8,13,16,19,28H,9-12,14,17-18H2,1H3,(H,30,32). The van der Waals surface area contributed by atoms with Crippen LogP contribution in [-0.4, -0.2) is 28.5 Å². The fourth-order valence-electron chi connectivity index (χ4n) is 4.48. The lowest BCUT2D eigenvalue weighted by Gasteiger charge is -2.36. The molecule has 2 heterocycles. The van der Waals surface area contributed by atoms with Gasteiger partial charge in [-0.05, 0) is 62.5 Å². The van der Waals surface area contributed by atoms with Crippen LogP contribution >= 0.6 is 0 Å². The molecule has 1 aliphatic heterocycles. The molecule has 1 amide bonds. The van der Waals surface area contributed by atoms with Crippen molar-refractivity contribution in [2.24, 2.45) is 5.41 Å². The molecule has 32 heavy (non-hydrogen) atoms. The van der Waals surface area contributed by atoms with Gasteiger partial charge in [0.05, 0.1) is 35.6 Å². The molecule has 4 rings (SSSR count). The third kappa shape index (κ3) is 5.06. The molecule has 2 aromatic carbocycles. The molecular formula is C26H29N5O. The van der Waals surface area contributed by atoms with Gasteiger partial charge < -0.3 is 15.2 Å². The zero-order valence-corrected chi connectivity index (χ0v) is 18.5. The van der Waals surface area contributed by atoms with Crippen molar-refractivity contribution in [2.45, 2.75) is 39.3 Å². The van der Waals surface area contributed by atoms with Crippen molar-refractivity contribution in [3.63, 3.8) is 0 Å². The molecule has 0 radical (unpaired) electrons. The molecule has 0 saturated carbocycles. The lowest BCUT2D eigenvalue weighted by atomic mass is 9.73. The Balaban J connectivity index is 1.44. The van der Waals surface area contributed by atoms with Gasteiger partial charge in [0, 0.05) is 12.7 Å². The van der Waals surface area contributed by atoms with E-state index in [-0.39, 0.29) is 5.91 Å². The van der Waals surface area contributed by atoms with Gasteiger partial charge in [-0.25, -0.2) is 4.98 Å². The first-order chi connectivity index (χ1) is 15.6. The van der Waals surface area contributed by atoms with Crippen LogP contribution in [0.3, 0.4) is 0 Å². The number of rotatable bonds is 7. The lowest BCUT2D eigenvalue weighted by Crippen LogP contribution is -2.48. The summed E-state index contributed by atoms with van der Waals surface area (Å²) in [6, 6.07) is 18.1. The molecule has 1 aliphatic rings. The molecule has 2 N–H and O–H groups in total. The molecule has 1 saturated heterocycles. The van der Waals surface area contributed by atoms with Crippen LogP contribution in [0.4, 0.5) is 0 Å². The molecule has 1 aromatic heterocycles. The average molecular weight is 428 g/mol. The first kappa shape index (κ1) is 21.8. The predicted molar refractivity (Wildman–Crippen MR) is 124 cm³/mol. The maximum absolute atomic E-state index is 13.4. The summed E-state index contributed by atoms with van der Waals surface area (Å²) in [6.07, 6.45) is 6.01. The van der Waals surface area contributed by atoms with E-state index in [0.717, 1.165) is 43.6 Å². The molecule has 3 aromatic rings. The number of carbonyl (C=O) groups excluding carboxylic acids is 1. The second kappa shape index (κ2) is 9.80. The molecular weight excluding hydrogens is 398 g/mol. The maximum Gasteiger partial charge on any atom is 0.226 e. The molecule has 1 fully saturated rings.